The Labute approximate surface area is 129 Å². The summed E-state index contributed by atoms with van der Waals surface area (Å²) in [5.41, 5.74) is 1.83. The van der Waals surface area contributed by atoms with Crippen molar-refractivity contribution >= 4 is 23.3 Å². The van der Waals surface area contributed by atoms with Crippen LogP contribution in [0.3, 0.4) is 0 Å². The highest BCUT2D eigenvalue weighted by Crippen LogP contribution is 2.30. The van der Waals surface area contributed by atoms with Crippen molar-refractivity contribution in [2.24, 2.45) is 0 Å². The third-order valence-corrected chi connectivity index (χ3v) is 3.31. The van der Waals surface area contributed by atoms with Crippen molar-refractivity contribution in [1.29, 1.82) is 0 Å². The summed E-state index contributed by atoms with van der Waals surface area (Å²) < 4.78 is 0. The number of benzene rings is 2. The summed E-state index contributed by atoms with van der Waals surface area (Å²) in [4.78, 5) is 13.2. The Kier molecular flexibility index (Phi) is 4.83. The molecule has 4 nitrogen and oxygen atoms in total. The smallest absolute Gasteiger partial charge is 0.321 e. The van der Waals surface area contributed by atoms with Gasteiger partial charge in [-0.15, -0.1) is 0 Å². The Hall–Kier alpha value is -2.04. The van der Waals surface area contributed by atoms with Crippen LogP contribution < -0.4 is 5.32 Å². The number of nitrogens with zero attached hydrogens (tertiary/aromatic N) is 1. The summed E-state index contributed by atoms with van der Waals surface area (Å²) in [5, 5.41) is 13.8. The summed E-state index contributed by atoms with van der Waals surface area (Å²) in [6.45, 7) is 0. The van der Waals surface area contributed by atoms with Crippen LogP contribution in [-0.4, -0.2) is 30.1 Å². The molecule has 0 aliphatic rings. The van der Waals surface area contributed by atoms with Crippen molar-refractivity contribution in [3.63, 3.8) is 0 Å². The number of halogens is 1. The first-order valence-corrected chi connectivity index (χ1v) is 6.87. The second-order valence-electron chi connectivity index (χ2n) is 4.87. The number of rotatable bonds is 3. The van der Waals surface area contributed by atoms with E-state index in [4.69, 9.17) is 11.6 Å². The monoisotopic (exact) mass is 304 g/mol. The molecule has 0 aromatic heterocycles. The lowest BCUT2D eigenvalue weighted by atomic mass is 10.00. The standard InChI is InChI=1S/C16H17ClN2O2/c1-19(2)16(21)18-14-9-8-12(17)10-13(14)15(20)11-6-4-3-5-7-11/h3-10,15,20H,1-2H3,(H,18,21). The molecule has 0 fully saturated rings. The van der Waals surface area contributed by atoms with Crippen LogP contribution in [0, 0.1) is 0 Å². The van der Waals surface area contributed by atoms with Crippen LogP contribution in [0.2, 0.25) is 5.02 Å². The molecule has 5 heteroatoms. The molecular weight excluding hydrogens is 288 g/mol. The Bertz CT molecular complexity index is 629. The van der Waals surface area contributed by atoms with E-state index in [1.54, 1.807) is 32.3 Å². The largest absolute Gasteiger partial charge is 0.384 e. The number of nitrogens with one attached hydrogen (secondary N) is 1. The molecule has 2 N–H and O–H groups in total. The van der Waals surface area contributed by atoms with Gasteiger partial charge in [0, 0.05) is 30.4 Å². The summed E-state index contributed by atoms with van der Waals surface area (Å²) >= 11 is 6.01. The van der Waals surface area contributed by atoms with Crippen molar-refractivity contribution in [2.75, 3.05) is 19.4 Å². The van der Waals surface area contributed by atoms with Crippen molar-refractivity contribution in [2.45, 2.75) is 6.10 Å². The molecule has 0 aliphatic heterocycles. The number of hydrogen-bond acceptors (Lipinski definition) is 2. The average molecular weight is 305 g/mol. The van der Waals surface area contributed by atoms with Gasteiger partial charge in [0.2, 0.25) is 0 Å². The lowest BCUT2D eigenvalue weighted by Crippen LogP contribution is -2.28. The number of hydrogen-bond donors (Lipinski definition) is 2. The maximum atomic E-state index is 11.8. The molecule has 0 saturated heterocycles. The van der Waals surface area contributed by atoms with Crippen LogP contribution in [0.15, 0.2) is 48.5 Å². The number of urea groups is 1. The van der Waals surface area contributed by atoms with E-state index < -0.39 is 6.10 Å². The zero-order chi connectivity index (χ0) is 15.4. The van der Waals surface area contributed by atoms with Crippen LogP contribution in [-0.2, 0) is 0 Å². The zero-order valence-corrected chi connectivity index (χ0v) is 12.6. The highest BCUT2D eigenvalue weighted by Gasteiger charge is 2.17. The van der Waals surface area contributed by atoms with Gasteiger partial charge in [-0.2, -0.15) is 0 Å². The van der Waals surface area contributed by atoms with Gasteiger partial charge in [0.25, 0.3) is 0 Å². The van der Waals surface area contributed by atoms with Gasteiger partial charge in [0.1, 0.15) is 6.10 Å². The van der Waals surface area contributed by atoms with Gasteiger partial charge in [0.15, 0.2) is 0 Å². The van der Waals surface area contributed by atoms with E-state index in [2.05, 4.69) is 5.32 Å². The molecule has 2 amide bonds. The van der Waals surface area contributed by atoms with Gasteiger partial charge < -0.3 is 15.3 Å². The topological polar surface area (TPSA) is 52.6 Å². The molecule has 0 bridgehead atoms. The third-order valence-electron chi connectivity index (χ3n) is 3.07. The summed E-state index contributed by atoms with van der Waals surface area (Å²) in [7, 11) is 3.30. The first-order valence-electron chi connectivity index (χ1n) is 6.50. The minimum Gasteiger partial charge on any atom is -0.384 e. The maximum absolute atomic E-state index is 11.8. The van der Waals surface area contributed by atoms with Crippen LogP contribution in [0.1, 0.15) is 17.2 Å². The fourth-order valence-corrected chi connectivity index (χ4v) is 2.10. The number of carbonyl (C=O) groups excluding carboxylic acids is 1. The predicted molar refractivity (Wildman–Crippen MR) is 84.7 cm³/mol. The van der Waals surface area contributed by atoms with Gasteiger partial charge in [-0.05, 0) is 23.8 Å². The van der Waals surface area contributed by atoms with Crippen molar-refractivity contribution < 1.29 is 9.90 Å². The molecule has 0 aliphatic carbocycles. The molecule has 2 aromatic rings. The first-order chi connectivity index (χ1) is 9.99. The molecule has 1 unspecified atom stereocenters. The quantitative estimate of drug-likeness (QED) is 0.911. The SMILES string of the molecule is CN(C)C(=O)Nc1ccc(Cl)cc1C(O)c1ccccc1. The molecule has 2 rings (SSSR count). The molecule has 0 saturated carbocycles. The van der Waals surface area contributed by atoms with Crippen LogP contribution in [0.25, 0.3) is 0 Å². The Morgan fingerprint density at radius 2 is 1.86 bits per heavy atom. The van der Waals surface area contributed by atoms with E-state index in [1.807, 2.05) is 30.3 Å². The molecule has 0 heterocycles. The fourth-order valence-electron chi connectivity index (χ4n) is 1.92. The normalized spacial score (nSPS) is 11.8. The predicted octanol–water partition coefficient (Wildman–Crippen LogP) is 3.52. The fraction of sp³-hybridized carbons (Fsp3) is 0.188. The summed E-state index contributed by atoms with van der Waals surface area (Å²) in [5.74, 6) is 0. The number of amides is 2. The van der Waals surface area contributed by atoms with Crippen LogP contribution in [0.5, 0.6) is 0 Å². The Balaban J connectivity index is 2.37. The minimum atomic E-state index is -0.859. The van der Waals surface area contributed by atoms with Gasteiger partial charge in [0.05, 0.1) is 0 Å². The highest BCUT2D eigenvalue weighted by atomic mass is 35.5. The van der Waals surface area contributed by atoms with E-state index >= 15 is 0 Å². The zero-order valence-electron chi connectivity index (χ0n) is 11.9. The van der Waals surface area contributed by atoms with E-state index in [0.717, 1.165) is 5.56 Å². The summed E-state index contributed by atoms with van der Waals surface area (Å²) in [6.07, 6.45) is -0.859. The van der Waals surface area contributed by atoms with Crippen molar-refractivity contribution in [1.82, 2.24) is 4.90 Å². The second kappa shape index (κ2) is 6.61. The molecule has 0 spiro atoms. The van der Waals surface area contributed by atoms with Crippen LogP contribution >= 0.6 is 11.6 Å². The average Bonchev–Trinajstić information content (AvgIpc) is 2.49. The first kappa shape index (κ1) is 15.4. The van der Waals surface area contributed by atoms with Crippen molar-refractivity contribution in [3.8, 4) is 0 Å². The minimum absolute atomic E-state index is 0.265. The number of carbonyl (C=O) groups is 1. The molecule has 21 heavy (non-hydrogen) atoms. The lowest BCUT2D eigenvalue weighted by molar-refractivity contribution is 0.220. The Morgan fingerprint density at radius 3 is 2.48 bits per heavy atom. The van der Waals surface area contributed by atoms with E-state index in [1.165, 1.54) is 4.90 Å². The van der Waals surface area contributed by atoms with Crippen LogP contribution in [0.4, 0.5) is 10.5 Å². The molecule has 1 atom stereocenters. The van der Waals surface area contributed by atoms with Crippen molar-refractivity contribution in [3.05, 3.63) is 64.7 Å². The molecule has 0 radical (unpaired) electrons. The van der Waals surface area contributed by atoms with E-state index in [-0.39, 0.29) is 6.03 Å². The number of aliphatic hydroxyl groups is 1. The number of anilines is 1. The molecule has 110 valence electrons. The van der Waals surface area contributed by atoms with E-state index in [9.17, 15) is 9.90 Å². The second-order valence-corrected chi connectivity index (χ2v) is 5.31. The molecule has 2 aromatic carbocycles. The maximum Gasteiger partial charge on any atom is 0.321 e. The van der Waals surface area contributed by atoms with Gasteiger partial charge in [-0.25, -0.2) is 4.79 Å². The van der Waals surface area contributed by atoms with Gasteiger partial charge in [-0.3, -0.25) is 0 Å². The third kappa shape index (κ3) is 3.74. The highest BCUT2D eigenvalue weighted by molar-refractivity contribution is 6.30. The summed E-state index contributed by atoms with van der Waals surface area (Å²) in [6, 6.07) is 14.0. The van der Waals surface area contributed by atoms with E-state index in [0.29, 0.717) is 16.3 Å². The molecular formula is C16H17ClN2O2. The number of aliphatic hydroxyl groups excluding tert-OH is 1. The van der Waals surface area contributed by atoms with Gasteiger partial charge >= 0.3 is 6.03 Å². The van der Waals surface area contributed by atoms with Gasteiger partial charge in [-0.1, -0.05) is 41.9 Å². The lowest BCUT2D eigenvalue weighted by Gasteiger charge is -2.19. The Morgan fingerprint density at radius 1 is 1.19 bits per heavy atom.